The Kier molecular flexibility index (Phi) is 5.04. The first-order chi connectivity index (χ1) is 8.33. The molecular weight excluding hydrogens is 267 g/mol. The van der Waals surface area contributed by atoms with Crippen LogP contribution in [0.15, 0.2) is 30.9 Å². The van der Waals surface area contributed by atoms with E-state index in [4.69, 9.17) is 17.3 Å². The van der Waals surface area contributed by atoms with Crippen LogP contribution in [-0.4, -0.2) is 6.36 Å². The molecule has 0 bridgehead atoms. The Labute approximate surface area is 108 Å². The van der Waals surface area contributed by atoms with E-state index >= 15 is 0 Å². The summed E-state index contributed by atoms with van der Waals surface area (Å²) in [6, 6.07) is 3.73. The molecule has 0 aromatic heterocycles. The van der Waals surface area contributed by atoms with Gasteiger partial charge in [-0.15, -0.1) is 19.8 Å². The molecule has 0 radical (unpaired) electrons. The van der Waals surface area contributed by atoms with Gasteiger partial charge in [0.25, 0.3) is 0 Å². The third kappa shape index (κ3) is 4.58. The number of alkyl halides is 3. The Morgan fingerprint density at radius 3 is 2.61 bits per heavy atom. The van der Waals surface area contributed by atoms with Crippen LogP contribution in [0.5, 0.6) is 5.75 Å². The zero-order valence-corrected chi connectivity index (χ0v) is 10.3. The molecule has 18 heavy (non-hydrogen) atoms. The standard InChI is InChI=1S/C12H13ClF3NO/c1-2-3-4-10(17)8-5-6-11(9(13)7-8)18-12(14,15)16/h2,5-7,10H,1,3-4,17H2/t10-/m0/s1. The molecule has 1 aromatic carbocycles. The first-order valence-electron chi connectivity index (χ1n) is 5.25. The van der Waals surface area contributed by atoms with E-state index in [0.29, 0.717) is 12.0 Å². The second-order valence-corrected chi connectivity index (χ2v) is 4.12. The average molecular weight is 280 g/mol. The quantitative estimate of drug-likeness (QED) is 0.820. The Bertz CT molecular complexity index is 420. The van der Waals surface area contributed by atoms with E-state index in [1.54, 1.807) is 6.08 Å². The topological polar surface area (TPSA) is 35.2 Å². The van der Waals surface area contributed by atoms with Gasteiger partial charge in [-0.2, -0.15) is 0 Å². The largest absolute Gasteiger partial charge is 0.573 e. The SMILES string of the molecule is C=CCC[C@H](N)c1ccc(OC(F)(F)F)c(Cl)c1. The Balaban J connectivity index is 2.81. The molecule has 0 amide bonds. The van der Waals surface area contributed by atoms with Crippen molar-refractivity contribution in [2.75, 3.05) is 0 Å². The fourth-order valence-corrected chi connectivity index (χ4v) is 1.65. The van der Waals surface area contributed by atoms with Crippen LogP contribution < -0.4 is 10.5 Å². The fraction of sp³-hybridized carbons (Fsp3) is 0.333. The van der Waals surface area contributed by atoms with Gasteiger partial charge in [0.15, 0.2) is 0 Å². The molecule has 2 N–H and O–H groups in total. The van der Waals surface area contributed by atoms with E-state index in [1.807, 2.05) is 0 Å². The van der Waals surface area contributed by atoms with Crippen molar-refractivity contribution in [2.45, 2.75) is 25.2 Å². The van der Waals surface area contributed by atoms with Crippen molar-refractivity contribution in [2.24, 2.45) is 5.73 Å². The molecular formula is C12H13ClF3NO. The Morgan fingerprint density at radius 2 is 2.11 bits per heavy atom. The van der Waals surface area contributed by atoms with Crippen LogP contribution >= 0.6 is 11.6 Å². The van der Waals surface area contributed by atoms with Crippen molar-refractivity contribution in [1.82, 2.24) is 0 Å². The summed E-state index contributed by atoms with van der Waals surface area (Å²) in [5.41, 5.74) is 6.52. The van der Waals surface area contributed by atoms with Gasteiger partial charge in [-0.25, -0.2) is 0 Å². The van der Waals surface area contributed by atoms with Crippen LogP contribution in [0.25, 0.3) is 0 Å². The normalized spacial score (nSPS) is 13.2. The number of nitrogens with two attached hydrogens (primary N) is 1. The minimum atomic E-state index is -4.75. The number of benzene rings is 1. The summed E-state index contributed by atoms with van der Waals surface area (Å²) < 4.78 is 39.9. The van der Waals surface area contributed by atoms with Gasteiger partial charge in [-0.05, 0) is 30.5 Å². The second-order valence-electron chi connectivity index (χ2n) is 3.71. The summed E-state index contributed by atoms with van der Waals surface area (Å²) in [4.78, 5) is 0. The first-order valence-corrected chi connectivity index (χ1v) is 5.63. The van der Waals surface area contributed by atoms with E-state index < -0.39 is 12.1 Å². The number of hydrogen-bond acceptors (Lipinski definition) is 2. The molecule has 1 atom stereocenters. The van der Waals surface area contributed by atoms with Gasteiger partial charge < -0.3 is 10.5 Å². The summed E-state index contributed by atoms with van der Waals surface area (Å²) >= 11 is 5.71. The van der Waals surface area contributed by atoms with Crippen molar-refractivity contribution >= 4 is 11.6 Å². The maximum Gasteiger partial charge on any atom is 0.573 e. The molecule has 0 aliphatic carbocycles. The van der Waals surface area contributed by atoms with Crippen LogP contribution in [-0.2, 0) is 0 Å². The molecule has 0 unspecified atom stereocenters. The summed E-state index contributed by atoms with van der Waals surface area (Å²) in [6.45, 7) is 3.57. The fourth-order valence-electron chi connectivity index (χ4n) is 1.42. The number of hydrogen-bond donors (Lipinski definition) is 1. The smallest absolute Gasteiger partial charge is 0.404 e. The second kappa shape index (κ2) is 6.11. The van der Waals surface area contributed by atoms with Crippen LogP contribution in [0, 0.1) is 0 Å². The lowest BCUT2D eigenvalue weighted by atomic mass is 10.0. The molecule has 0 fully saturated rings. The van der Waals surface area contributed by atoms with Crippen LogP contribution in [0.2, 0.25) is 5.02 Å². The molecule has 0 aliphatic rings. The Hall–Kier alpha value is -1.20. The average Bonchev–Trinajstić information content (AvgIpc) is 2.27. The van der Waals surface area contributed by atoms with Gasteiger partial charge in [-0.3, -0.25) is 0 Å². The van der Waals surface area contributed by atoms with Gasteiger partial charge in [0.2, 0.25) is 0 Å². The molecule has 100 valence electrons. The van der Waals surface area contributed by atoms with E-state index in [0.717, 1.165) is 6.42 Å². The van der Waals surface area contributed by atoms with Crippen molar-refractivity contribution in [3.8, 4) is 5.75 Å². The first kappa shape index (κ1) is 14.9. The summed E-state index contributed by atoms with van der Waals surface area (Å²) in [5.74, 6) is -0.427. The van der Waals surface area contributed by atoms with Gasteiger partial charge in [-0.1, -0.05) is 23.7 Å². The number of ether oxygens (including phenoxy) is 1. The third-order valence-corrected chi connectivity index (χ3v) is 2.59. The van der Waals surface area contributed by atoms with Gasteiger partial charge >= 0.3 is 6.36 Å². The van der Waals surface area contributed by atoms with Crippen molar-refractivity contribution in [3.05, 3.63) is 41.4 Å². The minimum Gasteiger partial charge on any atom is -0.404 e. The van der Waals surface area contributed by atoms with Crippen LogP contribution in [0.3, 0.4) is 0 Å². The van der Waals surface area contributed by atoms with Crippen LogP contribution in [0.1, 0.15) is 24.4 Å². The molecule has 0 spiro atoms. The molecule has 1 rings (SSSR count). The number of allylic oxidation sites excluding steroid dienone is 1. The summed E-state index contributed by atoms with van der Waals surface area (Å²) in [6.07, 6.45) is -1.66. The minimum absolute atomic E-state index is 0.112. The predicted molar refractivity (Wildman–Crippen MR) is 64.5 cm³/mol. The lowest BCUT2D eigenvalue weighted by Crippen LogP contribution is -2.17. The maximum absolute atomic E-state index is 12.0. The highest BCUT2D eigenvalue weighted by atomic mass is 35.5. The van der Waals surface area contributed by atoms with Crippen molar-refractivity contribution < 1.29 is 17.9 Å². The molecule has 0 saturated carbocycles. The lowest BCUT2D eigenvalue weighted by Gasteiger charge is -2.14. The predicted octanol–water partition coefficient (Wildman–Crippen LogP) is 4.20. The van der Waals surface area contributed by atoms with Crippen molar-refractivity contribution in [3.63, 3.8) is 0 Å². The molecule has 6 heteroatoms. The monoisotopic (exact) mass is 279 g/mol. The summed E-state index contributed by atoms with van der Waals surface area (Å²) in [7, 11) is 0. The van der Waals surface area contributed by atoms with Gasteiger partial charge in [0, 0.05) is 6.04 Å². The zero-order valence-electron chi connectivity index (χ0n) is 9.51. The van der Waals surface area contributed by atoms with E-state index in [2.05, 4.69) is 11.3 Å². The lowest BCUT2D eigenvalue weighted by molar-refractivity contribution is -0.274. The highest BCUT2D eigenvalue weighted by molar-refractivity contribution is 6.32. The van der Waals surface area contributed by atoms with Crippen LogP contribution in [0.4, 0.5) is 13.2 Å². The third-order valence-electron chi connectivity index (χ3n) is 2.29. The van der Waals surface area contributed by atoms with E-state index in [9.17, 15) is 13.2 Å². The molecule has 2 nitrogen and oxygen atoms in total. The maximum atomic E-state index is 12.0. The number of halogens is 4. The Morgan fingerprint density at radius 1 is 1.44 bits per heavy atom. The van der Waals surface area contributed by atoms with Gasteiger partial charge in [0.1, 0.15) is 5.75 Å². The molecule has 0 heterocycles. The zero-order chi connectivity index (χ0) is 13.8. The van der Waals surface area contributed by atoms with Gasteiger partial charge in [0.05, 0.1) is 5.02 Å². The van der Waals surface area contributed by atoms with E-state index in [1.165, 1.54) is 18.2 Å². The summed E-state index contributed by atoms with van der Waals surface area (Å²) in [5, 5.41) is -0.112. The molecule has 1 aromatic rings. The highest BCUT2D eigenvalue weighted by Crippen LogP contribution is 2.32. The molecule has 0 saturated heterocycles. The van der Waals surface area contributed by atoms with E-state index in [-0.39, 0.29) is 11.1 Å². The number of rotatable bonds is 5. The molecule has 0 aliphatic heterocycles. The highest BCUT2D eigenvalue weighted by Gasteiger charge is 2.32. The van der Waals surface area contributed by atoms with Crippen molar-refractivity contribution in [1.29, 1.82) is 0 Å².